The predicted molar refractivity (Wildman–Crippen MR) is 181 cm³/mol. The molecule has 1 fully saturated rings. The number of amides is 1. The number of carbonyl (C=O) groups is 1. The highest BCUT2D eigenvalue weighted by atomic mass is 35.5. The number of benzene rings is 1. The number of piperazine rings is 1. The fraction of sp³-hybridized carbons (Fsp3) is 0.344. The van der Waals surface area contributed by atoms with Crippen LogP contribution in [0.25, 0.3) is 28.0 Å². The lowest BCUT2D eigenvalue weighted by molar-refractivity contribution is -0.128. The minimum absolute atomic E-state index is 0.0240. The highest BCUT2D eigenvalue weighted by Crippen LogP contribution is 2.42. The minimum atomic E-state index is -2.31. The van der Waals surface area contributed by atoms with Crippen molar-refractivity contribution in [3.8, 4) is 28.4 Å². The zero-order valence-corrected chi connectivity index (χ0v) is 27.3. The monoisotopic (exact) mass is 666 g/mol. The van der Waals surface area contributed by atoms with Crippen LogP contribution in [0, 0.1) is 11.6 Å². The Balaban J connectivity index is 1.74. The molecule has 1 aromatic carbocycles. The van der Waals surface area contributed by atoms with Gasteiger partial charge in [-0.3, -0.25) is 9.78 Å². The molecule has 10 nitrogen and oxygen atoms in total. The van der Waals surface area contributed by atoms with Gasteiger partial charge in [-0.2, -0.15) is 4.98 Å². The second-order valence-corrected chi connectivity index (χ2v) is 12.6. The van der Waals surface area contributed by atoms with Gasteiger partial charge in [0.05, 0.1) is 38.8 Å². The second kappa shape index (κ2) is 12.3. The molecule has 2 aliphatic heterocycles. The lowest BCUT2D eigenvalue weighted by Gasteiger charge is -2.44. The van der Waals surface area contributed by atoms with Crippen LogP contribution in [0.15, 0.2) is 47.9 Å². The Morgan fingerprint density at radius 2 is 1.88 bits per heavy atom. The van der Waals surface area contributed by atoms with E-state index in [-0.39, 0.29) is 63.3 Å². The molecular formula is C32H28B3ClF2N6O4. The number of halogens is 3. The maximum Gasteiger partial charge on any atom is 0.356 e. The number of fused-ring (bicyclic) bond motifs is 5. The van der Waals surface area contributed by atoms with Gasteiger partial charge in [-0.05, 0) is 44.0 Å². The van der Waals surface area contributed by atoms with E-state index < -0.39 is 34.3 Å². The van der Waals surface area contributed by atoms with E-state index in [1.807, 2.05) is 32.6 Å². The van der Waals surface area contributed by atoms with Crippen LogP contribution in [0.3, 0.4) is 0 Å². The normalized spacial score (nSPS) is 20.3. The Kier molecular flexibility index (Phi) is 8.55. The summed E-state index contributed by atoms with van der Waals surface area (Å²) < 4.78 is 43.6. The van der Waals surface area contributed by atoms with Crippen molar-refractivity contribution in [3.05, 3.63) is 76.0 Å². The SMILES string of the molecule is [B][C@@H]1Oc2ccnc(C(C)C)c2-n2c(=O)nc(N3C[C@@H](C)N(C(=O)C=C)C[C@@H]3C)c3cc(Cl)c(nc32)-c2c(ccc(F)c2F)OC1([B])[B]. The Morgan fingerprint density at radius 1 is 1.15 bits per heavy atom. The van der Waals surface area contributed by atoms with E-state index in [0.29, 0.717) is 24.2 Å². The molecule has 0 unspecified atom stereocenters. The fourth-order valence-electron chi connectivity index (χ4n) is 6.06. The van der Waals surface area contributed by atoms with Crippen molar-refractivity contribution in [2.45, 2.75) is 57.1 Å². The van der Waals surface area contributed by atoms with Crippen molar-refractivity contribution in [1.29, 1.82) is 0 Å². The third kappa shape index (κ3) is 5.51. The first-order valence-corrected chi connectivity index (χ1v) is 15.5. The maximum absolute atomic E-state index is 15.7. The molecule has 16 heteroatoms. The van der Waals surface area contributed by atoms with Gasteiger partial charge < -0.3 is 19.3 Å². The van der Waals surface area contributed by atoms with Gasteiger partial charge in [-0.15, -0.1) is 0 Å². The number of hydrogen-bond donors (Lipinski definition) is 0. The van der Waals surface area contributed by atoms with Crippen molar-refractivity contribution >= 4 is 57.9 Å². The van der Waals surface area contributed by atoms with Crippen LogP contribution in [0.2, 0.25) is 5.02 Å². The fourth-order valence-corrected chi connectivity index (χ4v) is 6.30. The molecule has 0 saturated carbocycles. The third-order valence-corrected chi connectivity index (χ3v) is 8.77. The van der Waals surface area contributed by atoms with Crippen LogP contribution in [-0.2, 0) is 4.79 Å². The Hall–Kier alpha value is -4.39. The lowest BCUT2D eigenvalue weighted by Crippen LogP contribution is -2.58. The van der Waals surface area contributed by atoms with E-state index in [9.17, 15) is 14.0 Å². The highest BCUT2D eigenvalue weighted by molar-refractivity contribution is 6.43. The van der Waals surface area contributed by atoms with E-state index in [1.54, 1.807) is 4.90 Å². The zero-order chi connectivity index (χ0) is 34.8. The zero-order valence-electron chi connectivity index (χ0n) is 26.6. The summed E-state index contributed by atoms with van der Waals surface area (Å²) in [5.74, 6) is -3.16. The van der Waals surface area contributed by atoms with Crippen molar-refractivity contribution in [1.82, 2.24) is 24.4 Å². The number of carbonyl (C=O) groups excluding carboxylic acids is 1. The molecule has 4 aromatic rings. The molecule has 6 radical (unpaired) electrons. The summed E-state index contributed by atoms with van der Waals surface area (Å²) >= 11 is 6.83. The number of anilines is 1. The number of aromatic nitrogens is 4. The summed E-state index contributed by atoms with van der Waals surface area (Å²) in [6, 6.07) is 2.65. The van der Waals surface area contributed by atoms with Gasteiger partial charge in [-0.1, -0.05) is 32.0 Å². The number of ether oxygens (including phenoxy) is 2. The topological polar surface area (TPSA) is 103 Å². The molecular weight excluding hydrogens is 638 g/mol. The molecule has 0 spiro atoms. The van der Waals surface area contributed by atoms with E-state index in [4.69, 9.17) is 49.6 Å². The van der Waals surface area contributed by atoms with Gasteiger partial charge >= 0.3 is 5.69 Å². The van der Waals surface area contributed by atoms with Gasteiger partial charge in [0, 0.05) is 37.4 Å². The van der Waals surface area contributed by atoms with Gasteiger partial charge in [0.2, 0.25) is 5.91 Å². The summed E-state index contributed by atoms with van der Waals surface area (Å²) in [6.45, 7) is 11.7. The Bertz CT molecular complexity index is 2050. The second-order valence-electron chi connectivity index (χ2n) is 12.2. The average Bonchev–Trinajstić information content (AvgIpc) is 3.03. The quantitative estimate of drug-likeness (QED) is 0.241. The van der Waals surface area contributed by atoms with Crippen molar-refractivity contribution in [3.63, 3.8) is 0 Å². The molecule has 2 bridgehead atoms. The Morgan fingerprint density at radius 3 is 2.56 bits per heavy atom. The standard InChI is InChI=1S/C32H28B3ClF2N6O4/c1-6-22(45)42-12-16(5)43(13-15(42)4)28-17-11-18(36)26-23-20(8-7-19(37)24(23)38)48-32(34,35)30(33)47-21-9-10-39-25(14(2)3)27(21)44(29(17)40-26)31(46)41-28/h6-11,14-16,30H,1,12-13H2,2-5H3/t15-,16+,30-/m1/s1. The number of pyridine rings is 2. The van der Waals surface area contributed by atoms with Crippen molar-refractivity contribution < 1.29 is 23.0 Å². The van der Waals surface area contributed by atoms with Crippen molar-refractivity contribution in [2.24, 2.45) is 0 Å². The van der Waals surface area contributed by atoms with E-state index in [1.165, 1.54) is 29.0 Å². The van der Waals surface area contributed by atoms with Gasteiger partial charge in [0.25, 0.3) is 0 Å². The summed E-state index contributed by atoms with van der Waals surface area (Å²) in [7, 11) is 18.8. The number of nitrogens with zero attached hydrogens (tertiary/aromatic N) is 6. The molecule has 6 rings (SSSR count). The van der Waals surface area contributed by atoms with E-state index in [0.717, 1.165) is 12.1 Å². The van der Waals surface area contributed by atoms with E-state index >= 15 is 4.39 Å². The number of rotatable bonds is 3. The summed E-state index contributed by atoms with van der Waals surface area (Å²) in [6.07, 6.45) is 2.72. The lowest BCUT2D eigenvalue weighted by atomic mass is 9.56. The first kappa shape index (κ1) is 33.5. The molecule has 2 aliphatic rings. The van der Waals surface area contributed by atoms with Crippen LogP contribution >= 0.6 is 11.6 Å². The molecule has 3 aromatic heterocycles. The number of hydrogen-bond acceptors (Lipinski definition) is 8. The van der Waals surface area contributed by atoms with Crippen LogP contribution in [0.5, 0.6) is 11.5 Å². The predicted octanol–water partition coefficient (Wildman–Crippen LogP) is 3.77. The summed E-state index contributed by atoms with van der Waals surface area (Å²) in [4.78, 5) is 44.2. The average molecular weight is 666 g/mol. The molecule has 0 aliphatic carbocycles. The summed E-state index contributed by atoms with van der Waals surface area (Å²) in [5, 5.41) is -2.15. The molecule has 48 heavy (non-hydrogen) atoms. The molecule has 3 atom stereocenters. The molecule has 1 saturated heterocycles. The smallest absolute Gasteiger partial charge is 0.356 e. The summed E-state index contributed by atoms with van der Waals surface area (Å²) in [5.41, 5.74) is -1.09. The highest BCUT2D eigenvalue weighted by Gasteiger charge is 2.36. The van der Waals surface area contributed by atoms with Crippen LogP contribution in [0.1, 0.15) is 39.3 Å². The third-order valence-electron chi connectivity index (χ3n) is 8.48. The van der Waals surface area contributed by atoms with Crippen LogP contribution in [0.4, 0.5) is 14.6 Å². The van der Waals surface area contributed by atoms with Gasteiger partial charge in [0.1, 0.15) is 46.5 Å². The molecule has 240 valence electrons. The largest absolute Gasteiger partial charge is 0.503 e. The molecule has 5 heterocycles. The minimum Gasteiger partial charge on any atom is -0.503 e. The van der Waals surface area contributed by atoms with E-state index in [2.05, 4.69) is 16.5 Å². The van der Waals surface area contributed by atoms with Crippen molar-refractivity contribution in [2.75, 3.05) is 18.0 Å². The van der Waals surface area contributed by atoms with Crippen LogP contribution in [-0.4, -0.2) is 90.4 Å². The maximum atomic E-state index is 15.7. The van der Waals surface area contributed by atoms with Crippen LogP contribution < -0.4 is 20.1 Å². The molecule has 0 N–H and O–H groups in total. The first-order valence-electron chi connectivity index (χ1n) is 15.1. The Labute approximate surface area is 284 Å². The molecule has 1 amide bonds. The van der Waals surface area contributed by atoms with Gasteiger partial charge in [-0.25, -0.2) is 23.1 Å². The first-order chi connectivity index (χ1) is 22.6. The van der Waals surface area contributed by atoms with Gasteiger partial charge in [0.15, 0.2) is 17.3 Å².